The Morgan fingerprint density at radius 2 is 1.71 bits per heavy atom. The fourth-order valence-corrected chi connectivity index (χ4v) is 3.32. The summed E-state index contributed by atoms with van der Waals surface area (Å²) in [6.45, 7) is 5.09. The summed E-state index contributed by atoms with van der Waals surface area (Å²) in [6.07, 6.45) is 0.802. The standard InChI is InChI=1S/C21H28FN5O/c22-19-5-2-16(3-6-19)17-4-7-20(28-13-1-8-23)18(14-17)15-26-9-11-27(12-10-26)21(24)25/h2-7,14H,1,8-13,15,23H2,(H3,24,25). The smallest absolute Gasteiger partial charge is 0.188 e. The minimum absolute atomic E-state index is 0.128. The first-order valence-corrected chi connectivity index (χ1v) is 9.60. The van der Waals surface area contributed by atoms with Gasteiger partial charge in [-0.3, -0.25) is 10.3 Å². The van der Waals surface area contributed by atoms with E-state index in [-0.39, 0.29) is 11.8 Å². The molecule has 5 N–H and O–H groups in total. The van der Waals surface area contributed by atoms with Crippen molar-refractivity contribution in [3.8, 4) is 16.9 Å². The Bertz CT molecular complexity index is 788. The van der Waals surface area contributed by atoms with Gasteiger partial charge in [-0.05, 0) is 48.4 Å². The van der Waals surface area contributed by atoms with E-state index in [4.69, 9.17) is 21.6 Å². The van der Waals surface area contributed by atoms with E-state index >= 15 is 0 Å². The van der Waals surface area contributed by atoms with Crippen molar-refractivity contribution >= 4 is 5.96 Å². The van der Waals surface area contributed by atoms with Crippen molar-refractivity contribution in [1.82, 2.24) is 9.80 Å². The quantitative estimate of drug-likeness (QED) is 0.386. The third kappa shape index (κ3) is 5.21. The predicted octanol–water partition coefficient (Wildman–Crippen LogP) is 2.23. The molecule has 150 valence electrons. The van der Waals surface area contributed by atoms with Crippen LogP contribution in [-0.4, -0.2) is 55.1 Å². The monoisotopic (exact) mass is 385 g/mol. The van der Waals surface area contributed by atoms with E-state index in [2.05, 4.69) is 11.0 Å². The van der Waals surface area contributed by atoms with Crippen molar-refractivity contribution in [2.24, 2.45) is 11.5 Å². The molecule has 0 saturated carbocycles. The molecule has 0 spiro atoms. The molecular weight excluding hydrogens is 357 g/mol. The van der Waals surface area contributed by atoms with Gasteiger partial charge < -0.3 is 21.1 Å². The highest BCUT2D eigenvalue weighted by Gasteiger charge is 2.19. The molecule has 0 unspecified atom stereocenters. The normalized spacial score (nSPS) is 14.9. The lowest BCUT2D eigenvalue weighted by atomic mass is 10.0. The molecule has 7 heteroatoms. The van der Waals surface area contributed by atoms with Crippen LogP contribution in [0.1, 0.15) is 12.0 Å². The molecule has 0 radical (unpaired) electrons. The second-order valence-electron chi connectivity index (χ2n) is 6.97. The van der Waals surface area contributed by atoms with Crippen LogP contribution in [0.2, 0.25) is 0 Å². The summed E-state index contributed by atoms with van der Waals surface area (Å²) in [5, 5.41) is 7.57. The lowest BCUT2D eigenvalue weighted by Crippen LogP contribution is -2.50. The molecule has 1 fully saturated rings. The highest BCUT2D eigenvalue weighted by molar-refractivity contribution is 5.74. The Balaban J connectivity index is 1.78. The average molecular weight is 385 g/mol. The summed E-state index contributed by atoms with van der Waals surface area (Å²) in [5.41, 5.74) is 14.3. The maximum atomic E-state index is 13.3. The van der Waals surface area contributed by atoms with Crippen LogP contribution in [0.5, 0.6) is 5.75 Å². The van der Waals surface area contributed by atoms with E-state index in [1.807, 2.05) is 17.0 Å². The van der Waals surface area contributed by atoms with Gasteiger partial charge in [-0.25, -0.2) is 4.39 Å². The summed E-state index contributed by atoms with van der Waals surface area (Å²) < 4.78 is 19.2. The lowest BCUT2D eigenvalue weighted by molar-refractivity contribution is 0.171. The molecule has 0 amide bonds. The molecule has 1 saturated heterocycles. The van der Waals surface area contributed by atoms with Crippen molar-refractivity contribution in [3.05, 3.63) is 53.8 Å². The van der Waals surface area contributed by atoms with Gasteiger partial charge in [0.05, 0.1) is 6.61 Å². The van der Waals surface area contributed by atoms with E-state index in [0.29, 0.717) is 13.2 Å². The second-order valence-corrected chi connectivity index (χ2v) is 6.97. The number of benzene rings is 2. The number of halogens is 1. The lowest BCUT2D eigenvalue weighted by Gasteiger charge is -2.35. The Morgan fingerprint density at radius 1 is 1.04 bits per heavy atom. The number of rotatable bonds is 7. The first kappa shape index (κ1) is 20.1. The Hall–Kier alpha value is -2.64. The van der Waals surface area contributed by atoms with Crippen molar-refractivity contribution in [3.63, 3.8) is 0 Å². The van der Waals surface area contributed by atoms with Crippen molar-refractivity contribution in [2.75, 3.05) is 39.3 Å². The summed E-state index contributed by atoms with van der Waals surface area (Å²) in [7, 11) is 0. The number of nitrogens with two attached hydrogens (primary N) is 2. The first-order chi connectivity index (χ1) is 13.6. The van der Waals surface area contributed by atoms with Crippen LogP contribution in [-0.2, 0) is 6.54 Å². The average Bonchev–Trinajstić information content (AvgIpc) is 2.70. The Labute approximate surface area is 165 Å². The molecule has 28 heavy (non-hydrogen) atoms. The molecule has 0 aromatic heterocycles. The fraction of sp³-hybridized carbons (Fsp3) is 0.381. The van der Waals surface area contributed by atoms with Crippen molar-refractivity contribution in [2.45, 2.75) is 13.0 Å². The maximum absolute atomic E-state index is 13.3. The summed E-state index contributed by atoms with van der Waals surface area (Å²) in [6, 6.07) is 12.6. The Morgan fingerprint density at radius 3 is 2.36 bits per heavy atom. The highest BCUT2D eigenvalue weighted by atomic mass is 19.1. The third-order valence-corrected chi connectivity index (χ3v) is 4.95. The molecule has 0 bridgehead atoms. The van der Waals surface area contributed by atoms with E-state index in [9.17, 15) is 4.39 Å². The molecule has 0 aliphatic carbocycles. The molecule has 1 heterocycles. The van der Waals surface area contributed by atoms with Crippen LogP contribution in [0.25, 0.3) is 11.1 Å². The molecule has 2 aromatic rings. The van der Waals surface area contributed by atoms with Crippen LogP contribution in [0.3, 0.4) is 0 Å². The third-order valence-electron chi connectivity index (χ3n) is 4.95. The van der Waals surface area contributed by atoms with E-state index in [1.54, 1.807) is 12.1 Å². The van der Waals surface area contributed by atoms with Gasteiger partial charge in [0.15, 0.2) is 5.96 Å². The minimum atomic E-state index is -0.242. The van der Waals surface area contributed by atoms with Gasteiger partial charge in [-0.15, -0.1) is 0 Å². The van der Waals surface area contributed by atoms with E-state index in [0.717, 1.165) is 61.6 Å². The topological polar surface area (TPSA) is 91.6 Å². The largest absolute Gasteiger partial charge is 0.493 e. The molecule has 3 rings (SSSR count). The van der Waals surface area contributed by atoms with Gasteiger partial charge in [0.1, 0.15) is 11.6 Å². The van der Waals surface area contributed by atoms with Crippen LogP contribution in [0.4, 0.5) is 4.39 Å². The number of piperazine rings is 1. The highest BCUT2D eigenvalue weighted by Crippen LogP contribution is 2.28. The maximum Gasteiger partial charge on any atom is 0.188 e. The summed E-state index contributed by atoms with van der Waals surface area (Å²) >= 11 is 0. The minimum Gasteiger partial charge on any atom is -0.493 e. The van der Waals surface area contributed by atoms with Crippen LogP contribution in [0, 0.1) is 11.2 Å². The van der Waals surface area contributed by atoms with Crippen LogP contribution < -0.4 is 16.2 Å². The fourth-order valence-electron chi connectivity index (χ4n) is 3.32. The molecule has 0 atom stereocenters. The van der Waals surface area contributed by atoms with Gasteiger partial charge >= 0.3 is 0 Å². The SMILES string of the molecule is N=C(N)N1CCN(Cc2cc(-c3ccc(F)cc3)ccc2OCCCN)CC1. The zero-order valence-corrected chi connectivity index (χ0v) is 16.0. The number of nitrogens with zero attached hydrogens (tertiary/aromatic N) is 2. The van der Waals surface area contributed by atoms with Gasteiger partial charge in [-0.2, -0.15) is 0 Å². The van der Waals surface area contributed by atoms with E-state index in [1.165, 1.54) is 12.1 Å². The number of nitrogens with one attached hydrogen (secondary N) is 1. The van der Waals surface area contributed by atoms with Gasteiger partial charge in [-0.1, -0.05) is 18.2 Å². The molecule has 1 aliphatic rings. The van der Waals surface area contributed by atoms with Gasteiger partial charge in [0, 0.05) is 38.3 Å². The number of guanidine groups is 1. The zero-order valence-electron chi connectivity index (χ0n) is 16.0. The number of ether oxygens (including phenoxy) is 1. The molecule has 6 nitrogen and oxygen atoms in total. The molecule has 1 aliphatic heterocycles. The summed E-state index contributed by atoms with van der Waals surface area (Å²) in [5.74, 6) is 0.742. The molecular formula is C21H28FN5O. The number of hydrogen-bond acceptors (Lipinski definition) is 4. The van der Waals surface area contributed by atoms with Crippen LogP contribution in [0.15, 0.2) is 42.5 Å². The van der Waals surface area contributed by atoms with Crippen molar-refractivity contribution < 1.29 is 9.13 Å². The van der Waals surface area contributed by atoms with Crippen molar-refractivity contribution in [1.29, 1.82) is 5.41 Å². The second kappa shape index (κ2) is 9.52. The zero-order chi connectivity index (χ0) is 19.9. The van der Waals surface area contributed by atoms with Gasteiger partial charge in [0.25, 0.3) is 0 Å². The number of hydrogen-bond donors (Lipinski definition) is 3. The van der Waals surface area contributed by atoms with Gasteiger partial charge in [0.2, 0.25) is 0 Å². The Kier molecular flexibility index (Phi) is 6.84. The predicted molar refractivity (Wildman–Crippen MR) is 110 cm³/mol. The molecule has 2 aromatic carbocycles. The first-order valence-electron chi connectivity index (χ1n) is 9.60. The van der Waals surface area contributed by atoms with Crippen LogP contribution >= 0.6 is 0 Å². The summed E-state index contributed by atoms with van der Waals surface area (Å²) in [4.78, 5) is 4.21. The van der Waals surface area contributed by atoms with E-state index < -0.39 is 0 Å².